The monoisotopic (exact) mass is 263 g/mol. The van der Waals surface area contributed by atoms with Gasteiger partial charge in [0, 0.05) is 20.0 Å². The van der Waals surface area contributed by atoms with Crippen LogP contribution in [-0.2, 0) is 11.8 Å². The zero-order valence-corrected chi connectivity index (χ0v) is 10.3. The van der Waals surface area contributed by atoms with Gasteiger partial charge in [0.2, 0.25) is 5.88 Å². The van der Waals surface area contributed by atoms with Crippen molar-refractivity contribution < 1.29 is 14.6 Å². The third-order valence-corrected chi connectivity index (χ3v) is 3.13. The third kappa shape index (κ3) is 2.10. The number of aliphatic carboxylic acids is 1. The van der Waals surface area contributed by atoms with E-state index in [0.717, 1.165) is 0 Å². The van der Waals surface area contributed by atoms with Crippen LogP contribution >= 0.6 is 0 Å². The molecule has 100 valence electrons. The number of nitrogens with zero attached hydrogens (tertiary/aromatic N) is 4. The number of imidazole rings is 1. The molecule has 2 aromatic heterocycles. The molecule has 19 heavy (non-hydrogen) atoms. The molecule has 2 N–H and O–H groups in total. The molecule has 8 nitrogen and oxygen atoms in total. The second-order valence-corrected chi connectivity index (χ2v) is 4.48. The van der Waals surface area contributed by atoms with Crippen molar-refractivity contribution in [3.63, 3.8) is 0 Å². The molecule has 1 aliphatic heterocycles. The molecule has 1 aliphatic rings. The van der Waals surface area contributed by atoms with Gasteiger partial charge in [0.05, 0.1) is 6.33 Å². The summed E-state index contributed by atoms with van der Waals surface area (Å²) in [7, 11) is 1.84. The standard InChI is InChI=1S/C11H13N5O3/c1-16-5-15-8-9(16)13-4-14-10(8)19-6-2-7(11(17)18)12-3-6/h4-7,12H,2-3H2,1H3,(H,17,18). The van der Waals surface area contributed by atoms with Crippen LogP contribution in [0.2, 0.25) is 0 Å². The Hall–Kier alpha value is -2.22. The molecular formula is C11H13N5O3. The molecule has 3 rings (SSSR count). The molecule has 0 spiro atoms. The highest BCUT2D eigenvalue weighted by Crippen LogP contribution is 2.22. The lowest BCUT2D eigenvalue weighted by Gasteiger charge is -2.11. The predicted octanol–water partition coefficient (Wildman–Crippen LogP) is -0.443. The van der Waals surface area contributed by atoms with Gasteiger partial charge in [-0.1, -0.05) is 0 Å². The van der Waals surface area contributed by atoms with E-state index in [0.29, 0.717) is 30.0 Å². The van der Waals surface area contributed by atoms with E-state index < -0.39 is 12.0 Å². The Morgan fingerprint density at radius 1 is 1.53 bits per heavy atom. The molecule has 0 aromatic carbocycles. The molecule has 1 saturated heterocycles. The average Bonchev–Trinajstić information content (AvgIpc) is 2.98. The highest BCUT2D eigenvalue weighted by atomic mass is 16.5. The van der Waals surface area contributed by atoms with Crippen molar-refractivity contribution >= 4 is 17.1 Å². The van der Waals surface area contributed by atoms with Gasteiger partial charge in [-0.25, -0.2) is 9.97 Å². The maximum atomic E-state index is 10.9. The number of fused-ring (bicyclic) bond motifs is 1. The summed E-state index contributed by atoms with van der Waals surface area (Å²) < 4.78 is 7.50. The summed E-state index contributed by atoms with van der Waals surface area (Å²) in [6.45, 7) is 0.481. The van der Waals surface area contributed by atoms with Crippen LogP contribution < -0.4 is 10.1 Å². The molecule has 0 aliphatic carbocycles. The maximum Gasteiger partial charge on any atom is 0.320 e. The molecule has 0 saturated carbocycles. The largest absolute Gasteiger partial charge is 0.480 e. The Kier molecular flexibility index (Phi) is 2.79. The molecule has 0 bridgehead atoms. The van der Waals surface area contributed by atoms with Gasteiger partial charge in [0.25, 0.3) is 0 Å². The minimum Gasteiger partial charge on any atom is -0.480 e. The Morgan fingerprint density at radius 2 is 2.37 bits per heavy atom. The molecule has 2 aromatic rings. The summed E-state index contributed by atoms with van der Waals surface area (Å²) in [4.78, 5) is 23.2. The Morgan fingerprint density at radius 3 is 3.11 bits per heavy atom. The van der Waals surface area contributed by atoms with Crippen molar-refractivity contribution in [1.82, 2.24) is 24.8 Å². The number of hydrogen-bond donors (Lipinski definition) is 2. The Labute approximate surface area is 108 Å². The zero-order valence-electron chi connectivity index (χ0n) is 10.3. The minimum atomic E-state index is -0.864. The average molecular weight is 263 g/mol. The van der Waals surface area contributed by atoms with Crippen LogP contribution in [0.1, 0.15) is 6.42 Å². The predicted molar refractivity (Wildman–Crippen MR) is 64.8 cm³/mol. The second kappa shape index (κ2) is 4.47. The highest BCUT2D eigenvalue weighted by Gasteiger charge is 2.31. The fourth-order valence-corrected chi connectivity index (χ4v) is 2.15. The van der Waals surface area contributed by atoms with Crippen LogP contribution in [0.25, 0.3) is 11.2 Å². The van der Waals surface area contributed by atoms with Crippen molar-refractivity contribution in [2.24, 2.45) is 7.05 Å². The fourth-order valence-electron chi connectivity index (χ4n) is 2.15. The van der Waals surface area contributed by atoms with Gasteiger partial charge in [0.15, 0.2) is 11.2 Å². The minimum absolute atomic E-state index is 0.221. The van der Waals surface area contributed by atoms with Crippen molar-refractivity contribution in [3.8, 4) is 5.88 Å². The summed E-state index contributed by atoms with van der Waals surface area (Å²) in [6, 6.07) is -0.564. The first kappa shape index (κ1) is 11.8. The van der Waals surface area contributed by atoms with E-state index in [4.69, 9.17) is 9.84 Å². The topological polar surface area (TPSA) is 102 Å². The van der Waals surface area contributed by atoms with Crippen LogP contribution in [0.5, 0.6) is 5.88 Å². The number of rotatable bonds is 3. The number of carboxylic acid groups (broad SMARTS) is 1. The molecule has 3 heterocycles. The van der Waals surface area contributed by atoms with Crippen LogP contribution in [0.15, 0.2) is 12.7 Å². The lowest BCUT2D eigenvalue weighted by atomic mass is 10.2. The summed E-state index contributed by atoms with van der Waals surface area (Å²) in [5, 5.41) is 11.8. The second-order valence-electron chi connectivity index (χ2n) is 4.48. The number of hydrogen-bond acceptors (Lipinski definition) is 6. The molecule has 0 radical (unpaired) electrons. The van der Waals surface area contributed by atoms with E-state index in [1.807, 2.05) is 7.05 Å². The summed E-state index contributed by atoms with van der Waals surface area (Å²) in [5.74, 6) is -0.472. The number of carboxylic acids is 1. The molecule has 0 amide bonds. The lowest BCUT2D eigenvalue weighted by molar-refractivity contribution is -0.139. The number of aromatic nitrogens is 4. The SMILES string of the molecule is Cn1cnc2c(OC3CNC(C(=O)O)C3)ncnc21. The van der Waals surface area contributed by atoms with E-state index in [9.17, 15) is 4.79 Å². The van der Waals surface area contributed by atoms with Gasteiger partial charge in [-0.05, 0) is 0 Å². The van der Waals surface area contributed by atoms with Crippen molar-refractivity contribution in [3.05, 3.63) is 12.7 Å². The normalized spacial score (nSPS) is 22.8. The van der Waals surface area contributed by atoms with Crippen LogP contribution in [0, 0.1) is 0 Å². The maximum absolute atomic E-state index is 10.9. The van der Waals surface area contributed by atoms with E-state index >= 15 is 0 Å². The van der Waals surface area contributed by atoms with Crippen LogP contribution in [0.4, 0.5) is 0 Å². The van der Waals surface area contributed by atoms with Gasteiger partial charge in [-0.2, -0.15) is 4.98 Å². The van der Waals surface area contributed by atoms with Crippen LogP contribution in [0.3, 0.4) is 0 Å². The smallest absolute Gasteiger partial charge is 0.320 e. The Balaban J connectivity index is 1.81. The molecule has 2 atom stereocenters. The lowest BCUT2D eigenvalue weighted by Crippen LogP contribution is -2.30. The first-order valence-electron chi connectivity index (χ1n) is 5.90. The summed E-state index contributed by atoms with van der Waals surface area (Å²) in [5.41, 5.74) is 1.27. The fraction of sp³-hybridized carbons (Fsp3) is 0.455. The van der Waals surface area contributed by atoms with Gasteiger partial charge in [-0.3, -0.25) is 4.79 Å². The first-order chi connectivity index (χ1) is 9.15. The van der Waals surface area contributed by atoms with E-state index in [2.05, 4.69) is 20.3 Å². The number of nitrogens with one attached hydrogen (secondary N) is 1. The molecule has 8 heteroatoms. The van der Waals surface area contributed by atoms with E-state index in [-0.39, 0.29) is 6.10 Å². The van der Waals surface area contributed by atoms with Gasteiger partial charge in [0.1, 0.15) is 18.5 Å². The molecular weight excluding hydrogens is 250 g/mol. The number of aryl methyl sites for hydroxylation is 1. The summed E-state index contributed by atoms with van der Waals surface area (Å²) in [6.07, 6.45) is 3.24. The van der Waals surface area contributed by atoms with Crippen molar-refractivity contribution in [2.75, 3.05) is 6.54 Å². The Bertz CT molecular complexity index is 626. The third-order valence-electron chi connectivity index (χ3n) is 3.13. The zero-order chi connectivity index (χ0) is 13.4. The van der Waals surface area contributed by atoms with Crippen molar-refractivity contribution in [1.29, 1.82) is 0 Å². The van der Waals surface area contributed by atoms with Crippen LogP contribution in [-0.4, -0.2) is 49.3 Å². The van der Waals surface area contributed by atoms with E-state index in [1.165, 1.54) is 6.33 Å². The molecule has 2 unspecified atom stereocenters. The van der Waals surface area contributed by atoms with Gasteiger partial charge >= 0.3 is 5.97 Å². The number of ether oxygens (including phenoxy) is 1. The quantitative estimate of drug-likeness (QED) is 0.773. The number of carbonyl (C=O) groups is 1. The van der Waals surface area contributed by atoms with Gasteiger partial charge in [-0.15, -0.1) is 0 Å². The van der Waals surface area contributed by atoms with E-state index in [1.54, 1.807) is 10.9 Å². The first-order valence-corrected chi connectivity index (χ1v) is 5.90. The summed E-state index contributed by atoms with van der Waals surface area (Å²) >= 11 is 0. The highest BCUT2D eigenvalue weighted by molar-refractivity contribution is 5.76. The van der Waals surface area contributed by atoms with Crippen molar-refractivity contribution in [2.45, 2.75) is 18.6 Å². The molecule has 1 fully saturated rings. The van der Waals surface area contributed by atoms with Gasteiger partial charge < -0.3 is 19.7 Å².